The van der Waals surface area contributed by atoms with Crippen molar-refractivity contribution in [3.05, 3.63) is 29.3 Å². The van der Waals surface area contributed by atoms with Gasteiger partial charge in [0.25, 0.3) is 0 Å². The highest BCUT2D eigenvalue weighted by Gasteiger charge is 2.03. The van der Waals surface area contributed by atoms with Crippen LogP contribution in [0.4, 0.5) is 5.69 Å². The van der Waals surface area contributed by atoms with Crippen molar-refractivity contribution in [2.45, 2.75) is 33.2 Å². The lowest BCUT2D eigenvalue weighted by atomic mass is 10.1. The fourth-order valence-electron chi connectivity index (χ4n) is 1.46. The van der Waals surface area contributed by atoms with Crippen LogP contribution >= 0.6 is 0 Å². The van der Waals surface area contributed by atoms with E-state index in [4.69, 9.17) is 10.8 Å². The van der Waals surface area contributed by atoms with E-state index in [1.165, 1.54) is 11.1 Å². The molecule has 0 heterocycles. The number of aliphatic hydroxyl groups excluding tert-OH is 1. The van der Waals surface area contributed by atoms with Gasteiger partial charge in [0, 0.05) is 5.69 Å². The number of aliphatic hydroxyl groups is 1. The van der Waals surface area contributed by atoms with Gasteiger partial charge in [0.1, 0.15) is 0 Å². The van der Waals surface area contributed by atoms with Gasteiger partial charge >= 0.3 is 0 Å². The Bertz CT molecular complexity index is 398. The maximum atomic E-state index is 9.03. The summed E-state index contributed by atoms with van der Waals surface area (Å²) in [4.78, 5) is 4.19. The number of nitrogens with one attached hydrogen (secondary N) is 1. The van der Waals surface area contributed by atoms with Gasteiger partial charge < -0.3 is 16.2 Å². The Morgan fingerprint density at radius 2 is 2.12 bits per heavy atom. The van der Waals surface area contributed by atoms with E-state index >= 15 is 0 Å². The van der Waals surface area contributed by atoms with Crippen molar-refractivity contribution in [2.24, 2.45) is 10.7 Å². The van der Waals surface area contributed by atoms with Crippen LogP contribution in [-0.2, 0) is 0 Å². The van der Waals surface area contributed by atoms with Gasteiger partial charge in [-0.05, 0) is 43.5 Å². The number of nitrogens with zero attached hydrogens (tertiary/aromatic N) is 1. The summed E-state index contributed by atoms with van der Waals surface area (Å²) in [5.41, 5.74) is 9.14. The van der Waals surface area contributed by atoms with Crippen LogP contribution in [-0.4, -0.2) is 23.7 Å². The quantitative estimate of drug-likeness (QED) is 0.550. The lowest BCUT2D eigenvalue weighted by Gasteiger charge is -2.11. The molecule has 0 aromatic heterocycles. The van der Waals surface area contributed by atoms with Crippen LogP contribution in [0.5, 0.6) is 0 Å². The SMILES string of the molecule is CC[C@H](CO)N=C(N)Nc1ccc(C)c(C)c1. The Morgan fingerprint density at radius 1 is 1.41 bits per heavy atom. The topological polar surface area (TPSA) is 70.6 Å². The van der Waals surface area contributed by atoms with Gasteiger partial charge in [-0.1, -0.05) is 13.0 Å². The van der Waals surface area contributed by atoms with E-state index in [0.717, 1.165) is 12.1 Å². The zero-order chi connectivity index (χ0) is 12.8. The standard InChI is InChI=1S/C13H21N3O/c1-4-11(8-17)15-13(14)16-12-6-5-9(2)10(3)7-12/h5-7,11,17H,4,8H2,1-3H3,(H3,14,15,16)/t11-/m1/s1. The summed E-state index contributed by atoms with van der Waals surface area (Å²) in [6.07, 6.45) is 0.770. The zero-order valence-corrected chi connectivity index (χ0v) is 10.7. The predicted molar refractivity (Wildman–Crippen MR) is 72.3 cm³/mol. The first-order chi connectivity index (χ1) is 8.06. The molecule has 1 aromatic rings. The normalized spacial score (nSPS) is 13.5. The van der Waals surface area contributed by atoms with Gasteiger partial charge in [-0.15, -0.1) is 0 Å². The third-order valence-corrected chi connectivity index (χ3v) is 2.78. The number of guanidine groups is 1. The van der Waals surface area contributed by atoms with Crippen LogP contribution in [0.3, 0.4) is 0 Å². The van der Waals surface area contributed by atoms with Crippen molar-refractivity contribution in [3.8, 4) is 0 Å². The van der Waals surface area contributed by atoms with Crippen molar-refractivity contribution in [2.75, 3.05) is 11.9 Å². The third-order valence-electron chi connectivity index (χ3n) is 2.78. The summed E-state index contributed by atoms with van der Waals surface area (Å²) in [6.45, 7) is 6.10. The Kier molecular flexibility index (Phi) is 4.97. The van der Waals surface area contributed by atoms with Gasteiger partial charge in [-0.25, -0.2) is 4.99 Å². The Balaban J connectivity index is 2.73. The van der Waals surface area contributed by atoms with Crippen molar-refractivity contribution in [3.63, 3.8) is 0 Å². The van der Waals surface area contributed by atoms with Gasteiger partial charge in [0.15, 0.2) is 5.96 Å². The summed E-state index contributed by atoms with van der Waals surface area (Å²) >= 11 is 0. The number of anilines is 1. The van der Waals surface area contributed by atoms with E-state index in [1.54, 1.807) is 0 Å². The molecule has 0 spiro atoms. The molecular formula is C13H21N3O. The van der Waals surface area contributed by atoms with Crippen LogP contribution in [0.25, 0.3) is 0 Å². The second-order valence-electron chi connectivity index (χ2n) is 4.18. The average molecular weight is 235 g/mol. The summed E-state index contributed by atoms with van der Waals surface area (Å²) in [5.74, 6) is 0.342. The molecule has 0 bridgehead atoms. The minimum atomic E-state index is -0.131. The summed E-state index contributed by atoms with van der Waals surface area (Å²) in [5, 5.41) is 12.1. The van der Waals surface area contributed by atoms with E-state index in [1.807, 2.05) is 25.1 Å². The molecule has 0 saturated heterocycles. The molecular weight excluding hydrogens is 214 g/mol. The van der Waals surface area contributed by atoms with E-state index in [2.05, 4.69) is 24.2 Å². The lowest BCUT2D eigenvalue weighted by Crippen LogP contribution is -2.26. The van der Waals surface area contributed by atoms with Crippen molar-refractivity contribution in [1.82, 2.24) is 0 Å². The molecule has 0 saturated carbocycles. The molecule has 94 valence electrons. The molecule has 4 nitrogen and oxygen atoms in total. The van der Waals surface area contributed by atoms with Gasteiger partial charge in [0.05, 0.1) is 12.6 Å². The van der Waals surface area contributed by atoms with E-state index in [9.17, 15) is 0 Å². The molecule has 0 aliphatic rings. The van der Waals surface area contributed by atoms with E-state index < -0.39 is 0 Å². The van der Waals surface area contributed by atoms with Crippen molar-refractivity contribution < 1.29 is 5.11 Å². The Morgan fingerprint density at radius 3 is 2.65 bits per heavy atom. The fourth-order valence-corrected chi connectivity index (χ4v) is 1.46. The summed E-state index contributed by atoms with van der Waals surface area (Å²) < 4.78 is 0. The molecule has 0 aliphatic heterocycles. The first-order valence-electron chi connectivity index (χ1n) is 5.85. The number of aryl methyl sites for hydroxylation is 2. The second-order valence-corrected chi connectivity index (χ2v) is 4.18. The van der Waals surface area contributed by atoms with E-state index in [-0.39, 0.29) is 12.6 Å². The molecule has 17 heavy (non-hydrogen) atoms. The molecule has 0 fully saturated rings. The van der Waals surface area contributed by atoms with Crippen molar-refractivity contribution in [1.29, 1.82) is 0 Å². The van der Waals surface area contributed by atoms with Crippen molar-refractivity contribution >= 4 is 11.6 Å². The number of aliphatic imine (C=N–C) groups is 1. The Hall–Kier alpha value is -1.55. The third kappa shape index (κ3) is 4.07. The lowest BCUT2D eigenvalue weighted by molar-refractivity contribution is 0.264. The van der Waals surface area contributed by atoms with Crippen LogP contribution < -0.4 is 11.1 Å². The molecule has 0 aliphatic carbocycles. The Labute approximate surface area is 103 Å². The smallest absolute Gasteiger partial charge is 0.193 e. The molecule has 4 N–H and O–H groups in total. The largest absolute Gasteiger partial charge is 0.394 e. The summed E-state index contributed by atoms with van der Waals surface area (Å²) in [6, 6.07) is 5.89. The zero-order valence-electron chi connectivity index (χ0n) is 10.7. The highest BCUT2D eigenvalue weighted by atomic mass is 16.3. The highest BCUT2D eigenvalue weighted by Crippen LogP contribution is 2.13. The number of hydrogen-bond donors (Lipinski definition) is 3. The molecule has 0 unspecified atom stereocenters. The minimum Gasteiger partial charge on any atom is -0.394 e. The monoisotopic (exact) mass is 235 g/mol. The minimum absolute atomic E-state index is 0.0196. The maximum Gasteiger partial charge on any atom is 0.193 e. The van der Waals surface area contributed by atoms with Crippen LogP contribution in [0.15, 0.2) is 23.2 Å². The van der Waals surface area contributed by atoms with Crippen LogP contribution in [0.2, 0.25) is 0 Å². The predicted octanol–water partition coefficient (Wildman–Crippen LogP) is 1.80. The molecule has 1 rings (SSSR count). The molecule has 0 amide bonds. The van der Waals surface area contributed by atoms with Gasteiger partial charge in [-0.2, -0.15) is 0 Å². The maximum absolute atomic E-state index is 9.03. The van der Waals surface area contributed by atoms with Gasteiger partial charge in [-0.3, -0.25) is 0 Å². The highest BCUT2D eigenvalue weighted by molar-refractivity contribution is 5.92. The van der Waals surface area contributed by atoms with Crippen LogP contribution in [0, 0.1) is 13.8 Å². The molecule has 0 radical (unpaired) electrons. The number of benzene rings is 1. The first-order valence-corrected chi connectivity index (χ1v) is 5.85. The molecule has 4 heteroatoms. The first kappa shape index (κ1) is 13.5. The van der Waals surface area contributed by atoms with Crippen LogP contribution in [0.1, 0.15) is 24.5 Å². The number of nitrogens with two attached hydrogens (primary N) is 1. The average Bonchev–Trinajstić information content (AvgIpc) is 2.31. The number of rotatable bonds is 4. The second kappa shape index (κ2) is 6.25. The summed E-state index contributed by atoms with van der Waals surface area (Å²) in [7, 11) is 0. The van der Waals surface area contributed by atoms with E-state index in [0.29, 0.717) is 5.96 Å². The fraction of sp³-hybridized carbons (Fsp3) is 0.462. The van der Waals surface area contributed by atoms with Gasteiger partial charge in [0.2, 0.25) is 0 Å². The number of hydrogen-bond acceptors (Lipinski definition) is 2. The molecule has 1 aromatic carbocycles. The molecule has 1 atom stereocenters.